The van der Waals surface area contributed by atoms with Gasteiger partial charge in [-0.1, -0.05) is 0 Å². The standard InChI is InChI=1S/C13H13BrN4O4/c1-3-17-7-9(14)12(16-17)13(19)15-10-5-4-8(18(20)21)6-11(10)22-2/h4-7H,3H2,1-2H3,(H,15,19). The molecule has 2 aromatic rings. The molecular weight excluding hydrogens is 356 g/mol. The summed E-state index contributed by atoms with van der Waals surface area (Å²) in [5, 5.41) is 17.5. The number of hydrogen-bond acceptors (Lipinski definition) is 5. The number of nitrogens with zero attached hydrogens (tertiary/aromatic N) is 3. The Balaban J connectivity index is 2.27. The van der Waals surface area contributed by atoms with Crippen LogP contribution < -0.4 is 10.1 Å². The molecule has 0 aliphatic rings. The van der Waals surface area contributed by atoms with E-state index in [1.807, 2.05) is 6.92 Å². The lowest BCUT2D eigenvalue weighted by Crippen LogP contribution is -2.14. The van der Waals surface area contributed by atoms with Gasteiger partial charge >= 0.3 is 0 Å². The smallest absolute Gasteiger partial charge is 0.277 e. The minimum atomic E-state index is -0.534. The molecule has 1 aromatic heterocycles. The Morgan fingerprint density at radius 3 is 2.82 bits per heavy atom. The second kappa shape index (κ2) is 6.56. The minimum absolute atomic E-state index is 0.119. The topological polar surface area (TPSA) is 99.3 Å². The number of nitro benzene ring substituents is 1. The van der Waals surface area contributed by atoms with Gasteiger partial charge in [0.05, 0.1) is 28.3 Å². The van der Waals surface area contributed by atoms with Gasteiger partial charge in [0.2, 0.25) is 0 Å². The number of nitrogens with one attached hydrogen (secondary N) is 1. The number of carbonyl (C=O) groups is 1. The lowest BCUT2D eigenvalue weighted by atomic mass is 10.2. The van der Waals surface area contributed by atoms with Gasteiger partial charge in [0.25, 0.3) is 11.6 Å². The highest BCUT2D eigenvalue weighted by Gasteiger charge is 2.18. The molecule has 9 heteroatoms. The zero-order valence-corrected chi connectivity index (χ0v) is 13.5. The summed E-state index contributed by atoms with van der Waals surface area (Å²) in [6.45, 7) is 2.53. The van der Waals surface area contributed by atoms with Crippen molar-refractivity contribution in [2.24, 2.45) is 0 Å². The number of amides is 1. The van der Waals surface area contributed by atoms with E-state index in [9.17, 15) is 14.9 Å². The molecule has 116 valence electrons. The fraction of sp³-hybridized carbons (Fsp3) is 0.231. The highest BCUT2D eigenvalue weighted by Crippen LogP contribution is 2.29. The van der Waals surface area contributed by atoms with Crippen LogP contribution >= 0.6 is 15.9 Å². The van der Waals surface area contributed by atoms with Gasteiger partial charge < -0.3 is 10.1 Å². The van der Waals surface area contributed by atoms with E-state index in [1.54, 1.807) is 10.9 Å². The molecule has 0 bridgehead atoms. The molecule has 0 aliphatic heterocycles. The van der Waals surface area contributed by atoms with Gasteiger partial charge in [-0.05, 0) is 28.9 Å². The number of carbonyl (C=O) groups excluding carboxylic acids is 1. The van der Waals surface area contributed by atoms with E-state index in [0.717, 1.165) is 0 Å². The summed E-state index contributed by atoms with van der Waals surface area (Å²) >= 11 is 3.27. The van der Waals surface area contributed by atoms with Crippen LogP contribution in [0.1, 0.15) is 17.4 Å². The van der Waals surface area contributed by atoms with Crippen LogP contribution in [0.4, 0.5) is 11.4 Å². The van der Waals surface area contributed by atoms with E-state index in [2.05, 4.69) is 26.3 Å². The van der Waals surface area contributed by atoms with Crippen molar-refractivity contribution in [2.45, 2.75) is 13.5 Å². The fourth-order valence-electron chi connectivity index (χ4n) is 1.79. The Labute approximate surface area is 134 Å². The second-order valence-electron chi connectivity index (χ2n) is 4.28. The Kier molecular flexibility index (Phi) is 4.76. The molecule has 22 heavy (non-hydrogen) atoms. The number of aryl methyl sites for hydroxylation is 1. The number of non-ortho nitro benzene ring substituents is 1. The summed E-state index contributed by atoms with van der Waals surface area (Å²) in [4.78, 5) is 22.5. The molecule has 8 nitrogen and oxygen atoms in total. The molecule has 1 aromatic carbocycles. The van der Waals surface area contributed by atoms with E-state index in [0.29, 0.717) is 16.7 Å². The molecule has 0 spiro atoms. The van der Waals surface area contributed by atoms with Crippen LogP contribution in [0.3, 0.4) is 0 Å². The third kappa shape index (κ3) is 3.25. The monoisotopic (exact) mass is 368 g/mol. The van der Waals surface area contributed by atoms with Crippen molar-refractivity contribution < 1.29 is 14.5 Å². The summed E-state index contributed by atoms with van der Waals surface area (Å²) in [5.74, 6) is -0.236. The molecule has 0 aliphatic carbocycles. The molecule has 2 rings (SSSR count). The first-order valence-corrected chi connectivity index (χ1v) is 7.12. The SMILES string of the molecule is CCn1cc(Br)c(C(=O)Nc2ccc([N+](=O)[O-])cc2OC)n1. The molecular formula is C13H13BrN4O4. The van der Waals surface area contributed by atoms with Crippen molar-refractivity contribution in [1.82, 2.24) is 9.78 Å². The molecule has 1 N–H and O–H groups in total. The molecule has 1 amide bonds. The van der Waals surface area contributed by atoms with Gasteiger partial charge in [0.1, 0.15) is 5.75 Å². The van der Waals surface area contributed by atoms with Crippen molar-refractivity contribution in [2.75, 3.05) is 12.4 Å². The number of nitro groups is 1. The molecule has 0 saturated heterocycles. The van der Waals surface area contributed by atoms with Crippen molar-refractivity contribution in [3.05, 3.63) is 44.7 Å². The lowest BCUT2D eigenvalue weighted by molar-refractivity contribution is -0.384. The summed E-state index contributed by atoms with van der Waals surface area (Å²) in [7, 11) is 1.37. The lowest BCUT2D eigenvalue weighted by Gasteiger charge is -2.09. The molecule has 0 saturated carbocycles. The van der Waals surface area contributed by atoms with Crippen molar-refractivity contribution in [3.63, 3.8) is 0 Å². The summed E-state index contributed by atoms with van der Waals surface area (Å²) in [6.07, 6.45) is 1.70. The summed E-state index contributed by atoms with van der Waals surface area (Å²) in [6, 6.07) is 3.95. The van der Waals surface area contributed by atoms with Crippen LogP contribution in [0.25, 0.3) is 0 Å². The summed E-state index contributed by atoms with van der Waals surface area (Å²) in [5.41, 5.74) is 0.435. The fourth-order valence-corrected chi connectivity index (χ4v) is 2.29. The normalized spacial score (nSPS) is 10.3. The maximum absolute atomic E-state index is 12.2. The first-order chi connectivity index (χ1) is 10.5. The van der Waals surface area contributed by atoms with E-state index in [-0.39, 0.29) is 17.1 Å². The minimum Gasteiger partial charge on any atom is -0.494 e. The van der Waals surface area contributed by atoms with Crippen LogP contribution in [0.5, 0.6) is 5.75 Å². The number of halogens is 1. The Morgan fingerprint density at radius 1 is 1.55 bits per heavy atom. The highest BCUT2D eigenvalue weighted by atomic mass is 79.9. The van der Waals surface area contributed by atoms with Gasteiger partial charge in [-0.15, -0.1) is 0 Å². The van der Waals surface area contributed by atoms with Gasteiger partial charge in [-0.3, -0.25) is 19.6 Å². The van der Waals surface area contributed by atoms with Gasteiger partial charge in [-0.2, -0.15) is 5.10 Å². The van der Waals surface area contributed by atoms with Gasteiger partial charge in [0, 0.05) is 18.8 Å². The summed E-state index contributed by atoms with van der Waals surface area (Å²) < 4.78 is 7.25. The number of methoxy groups -OCH3 is 1. The Hall–Kier alpha value is -2.42. The predicted octanol–water partition coefficient (Wildman–Crippen LogP) is 2.83. The molecule has 0 radical (unpaired) electrons. The average Bonchev–Trinajstić information content (AvgIpc) is 2.88. The first kappa shape index (κ1) is 16.0. The maximum atomic E-state index is 12.2. The Morgan fingerprint density at radius 2 is 2.27 bits per heavy atom. The van der Waals surface area contributed by atoms with E-state index in [1.165, 1.54) is 25.3 Å². The van der Waals surface area contributed by atoms with Crippen LogP contribution in [-0.2, 0) is 6.54 Å². The predicted molar refractivity (Wildman–Crippen MR) is 83.2 cm³/mol. The van der Waals surface area contributed by atoms with E-state index < -0.39 is 10.8 Å². The van der Waals surface area contributed by atoms with Gasteiger partial charge in [-0.25, -0.2) is 0 Å². The average molecular weight is 369 g/mol. The van der Waals surface area contributed by atoms with E-state index in [4.69, 9.17) is 4.74 Å². The molecule has 0 atom stereocenters. The number of anilines is 1. The number of aromatic nitrogens is 2. The third-order valence-corrected chi connectivity index (χ3v) is 3.48. The largest absolute Gasteiger partial charge is 0.494 e. The van der Waals surface area contributed by atoms with Gasteiger partial charge in [0.15, 0.2) is 5.69 Å². The molecule has 0 unspecified atom stereocenters. The molecule has 1 heterocycles. The van der Waals surface area contributed by atoms with Crippen molar-refractivity contribution >= 4 is 33.2 Å². The van der Waals surface area contributed by atoms with Crippen LogP contribution in [0.15, 0.2) is 28.9 Å². The second-order valence-corrected chi connectivity index (χ2v) is 5.13. The number of rotatable bonds is 5. The number of benzene rings is 1. The highest BCUT2D eigenvalue weighted by molar-refractivity contribution is 9.10. The Bertz CT molecular complexity index is 729. The van der Waals surface area contributed by atoms with Crippen LogP contribution in [-0.4, -0.2) is 27.7 Å². The number of hydrogen-bond donors (Lipinski definition) is 1. The quantitative estimate of drug-likeness (QED) is 0.645. The zero-order valence-electron chi connectivity index (χ0n) is 11.9. The zero-order chi connectivity index (χ0) is 16.3. The maximum Gasteiger partial charge on any atom is 0.277 e. The van der Waals surface area contributed by atoms with Crippen LogP contribution in [0.2, 0.25) is 0 Å². The van der Waals surface area contributed by atoms with Crippen LogP contribution in [0, 0.1) is 10.1 Å². The third-order valence-electron chi connectivity index (χ3n) is 2.90. The number of ether oxygens (including phenoxy) is 1. The van der Waals surface area contributed by atoms with Crippen molar-refractivity contribution in [3.8, 4) is 5.75 Å². The first-order valence-electron chi connectivity index (χ1n) is 6.33. The van der Waals surface area contributed by atoms with E-state index >= 15 is 0 Å². The molecule has 0 fully saturated rings. The van der Waals surface area contributed by atoms with Crippen molar-refractivity contribution in [1.29, 1.82) is 0 Å².